The fourth-order valence-corrected chi connectivity index (χ4v) is 4.44. The van der Waals surface area contributed by atoms with Crippen molar-refractivity contribution in [2.75, 3.05) is 31.6 Å². The van der Waals surface area contributed by atoms with Crippen molar-refractivity contribution in [2.45, 2.75) is 30.7 Å². The Balaban J connectivity index is 1.51. The molecule has 1 aromatic carbocycles. The highest BCUT2D eigenvalue weighted by atomic mass is 16.1. The number of benzene rings is 1. The highest BCUT2D eigenvalue weighted by molar-refractivity contribution is 5.77. The number of hydrogen-bond donors (Lipinski definition) is 2. The monoisotopic (exact) mass is 351 g/mol. The van der Waals surface area contributed by atoms with Gasteiger partial charge in [-0.2, -0.15) is 0 Å². The Labute approximate surface area is 154 Å². The minimum absolute atomic E-state index is 0.0273. The van der Waals surface area contributed by atoms with E-state index in [9.17, 15) is 4.79 Å². The van der Waals surface area contributed by atoms with Gasteiger partial charge in [-0.05, 0) is 36.5 Å². The summed E-state index contributed by atoms with van der Waals surface area (Å²) in [5.74, 6) is 0.849. The minimum Gasteiger partial charge on any atom is -0.358 e. The molecule has 1 aliphatic heterocycles. The highest BCUT2D eigenvalue weighted by Gasteiger charge is 2.45. The Morgan fingerprint density at radius 1 is 1.19 bits per heavy atom. The third-order valence-corrected chi connectivity index (χ3v) is 5.85. The summed E-state index contributed by atoms with van der Waals surface area (Å²) in [4.78, 5) is 22.7. The first-order chi connectivity index (χ1) is 12.7. The molecule has 0 bridgehead atoms. The molecule has 2 heterocycles. The van der Waals surface area contributed by atoms with Gasteiger partial charge in [-0.15, -0.1) is 0 Å². The summed E-state index contributed by atoms with van der Waals surface area (Å²) in [6.07, 6.45) is 6.82. The fraction of sp³-hybridized carbons (Fsp3) is 0.450. The van der Waals surface area contributed by atoms with Crippen LogP contribution in [-0.2, 0) is 10.2 Å². The van der Waals surface area contributed by atoms with E-state index in [2.05, 4.69) is 49.8 Å². The molecule has 2 N–H and O–H groups in total. The van der Waals surface area contributed by atoms with Crippen LogP contribution < -0.4 is 15.5 Å². The lowest BCUT2D eigenvalue weighted by atomic mass is 9.73. The molecule has 1 saturated heterocycles. The molecule has 6 heteroatoms. The van der Waals surface area contributed by atoms with Crippen LogP contribution in [0.5, 0.6) is 0 Å². The number of carbonyl (C=O) groups excluding carboxylic acids is 1. The van der Waals surface area contributed by atoms with Crippen LogP contribution in [-0.4, -0.2) is 42.6 Å². The third-order valence-electron chi connectivity index (χ3n) is 5.85. The van der Waals surface area contributed by atoms with Crippen LogP contribution in [0.25, 0.3) is 0 Å². The molecular formula is C20H25N5O. The van der Waals surface area contributed by atoms with Gasteiger partial charge in [-0.25, -0.2) is 9.97 Å². The summed E-state index contributed by atoms with van der Waals surface area (Å²) in [5.41, 5.74) is 2.98. The number of rotatable bonds is 4. The number of aromatic nitrogens is 2. The van der Waals surface area contributed by atoms with E-state index in [1.807, 2.05) is 6.07 Å². The van der Waals surface area contributed by atoms with Crippen LogP contribution in [0.3, 0.4) is 0 Å². The molecule has 1 fully saturated rings. The lowest BCUT2D eigenvalue weighted by Crippen LogP contribution is -2.43. The van der Waals surface area contributed by atoms with Crippen molar-refractivity contribution in [2.24, 2.45) is 0 Å². The topological polar surface area (TPSA) is 70.2 Å². The summed E-state index contributed by atoms with van der Waals surface area (Å²) in [6, 6.07) is 10.8. The lowest BCUT2D eigenvalue weighted by Gasteiger charge is -2.40. The quantitative estimate of drug-likeness (QED) is 0.879. The number of carbonyl (C=O) groups is 1. The van der Waals surface area contributed by atoms with Crippen molar-refractivity contribution in [1.82, 2.24) is 20.6 Å². The standard InChI is InChI=1S/C20H25N5O/c1-21-18(26)14-24-17-13-20(16-6-3-2-5-15(16)17)7-11-25(12-8-20)19-22-9-4-10-23-19/h2-6,9-10,17,24H,7-8,11-14H2,1H3,(H,21,26)/t17-/m1/s1. The number of anilines is 1. The van der Waals surface area contributed by atoms with E-state index in [0.717, 1.165) is 38.3 Å². The molecule has 4 rings (SSSR count). The van der Waals surface area contributed by atoms with E-state index < -0.39 is 0 Å². The number of likely N-dealkylation sites (N-methyl/N-ethyl adjacent to an activating group) is 1. The number of nitrogens with one attached hydrogen (secondary N) is 2. The van der Waals surface area contributed by atoms with Gasteiger partial charge in [0.05, 0.1) is 6.54 Å². The zero-order valence-corrected chi connectivity index (χ0v) is 15.1. The van der Waals surface area contributed by atoms with Crippen molar-refractivity contribution in [3.05, 3.63) is 53.9 Å². The normalized spacial score (nSPS) is 20.8. The van der Waals surface area contributed by atoms with Gasteiger partial charge in [0.2, 0.25) is 11.9 Å². The largest absolute Gasteiger partial charge is 0.358 e. The van der Waals surface area contributed by atoms with Gasteiger partial charge in [-0.1, -0.05) is 24.3 Å². The molecule has 1 amide bonds. The zero-order chi connectivity index (χ0) is 18.0. The lowest BCUT2D eigenvalue weighted by molar-refractivity contribution is -0.119. The first kappa shape index (κ1) is 17.0. The summed E-state index contributed by atoms with van der Waals surface area (Å²) < 4.78 is 0. The minimum atomic E-state index is 0.0273. The maximum absolute atomic E-state index is 11.7. The van der Waals surface area contributed by atoms with E-state index in [-0.39, 0.29) is 17.4 Å². The Kier molecular flexibility index (Phi) is 4.59. The predicted molar refractivity (Wildman–Crippen MR) is 101 cm³/mol. The van der Waals surface area contributed by atoms with Gasteiger partial charge >= 0.3 is 0 Å². The van der Waals surface area contributed by atoms with Crippen molar-refractivity contribution in [3.63, 3.8) is 0 Å². The molecule has 2 aliphatic rings. The van der Waals surface area contributed by atoms with Gasteiger partial charge in [0, 0.05) is 44.0 Å². The Morgan fingerprint density at radius 2 is 1.92 bits per heavy atom. The summed E-state index contributed by atoms with van der Waals surface area (Å²) >= 11 is 0. The van der Waals surface area contributed by atoms with Gasteiger partial charge in [0.25, 0.3) is 0 Å². The molecule has 1 aromatic heterocycles. The molecule has 0 saturated carbocycles. The van der Waals surface area contributed by atoms with E-state index >= 15 is 0 Å². The first-order valence-electron chi connectivity index (χ1n) is 9.27. The van der Waals surface area contributed by atoms with Crippen LogP contribution in [0.2, 0.25) is 0 Å². The summed E-state index contributed by atoms with van der Waals surface area (Å²) in [7, 11) is 1.68. The molecule has 0 unspecified atom stereocenters. The third kappa shape index (κ3) is 3.05. The maximum atomic E-state index is 11.7. The number of hydrogen-bond acceptors (Lipinski definition) is 5. The second kappa shape index (κ2) is 7.03. The van der Waals surface area contributed by atoms with Gasteiger partial charge in [-0.3, -0.25) is 4.79 Å². The number of amides is 1. The second-order valence-electron chi connectivity index (χ2n) is 7.21. The van der Waals surface area contributed by atoms with Crippen LogP contribution in [0.4, 0.5) is 5.95 Å². The smallest absolute Gasteiger partial charge is 0.233 e. The van der Waals surface area contributed by atoms with Crippen LogP contribution in [0.1, 0.15) is 36.4 Å². The molecule has 1 aliphatic carbocycles. The summed E-state index contributed by atoms with van der Waals surface area (Å²) in [6.45, 7) is 2.27. The van der Waals surface area contributed by atoms with Crippen LogP contribution >= 0.6 is 0 Å². The number of nitrogens with zero attached hydrogens (tertiary/aromatic N) is 3. The fourth-order valence-electron chi connectivity index (χ4n) is 4.44. The molecule has 136 valence electrons. The van der Waals surface area contributed by atoms with Gasteiger partial charge in [0.15, 0.2) is 0 Å². The van der Waals surface area contributed by atoms with E-state index in [0.29, 0.717) is 6.54 Å². The molecule has 2 aromatic rings. The Bertz CT molecular complexity index is 771. The Morgan fingerprint density at radius 3 is 2.65 bits per heavy atom. The first-order valence-corrected chi connectivity index (χ1v) is 9.27. The maximum Gasteiger partial charge on any atom is 0.233 e. The Hall–Kier alpha value is -2.47. The molecule has 6 nitrogen and oxygen atoms in total. The zero-order valence-electron chi connectivity index (χ0n) is 15.1. The molecular weight excluding hydrogens is 326 g/mol. The predicted octanol–water partition coefficient (Wildman–Crippen LogP) is 1.80. The van der Waals surface area contributed by atoms with Gasteiger partial charge in [0.1, 0.15) is 0 Å². The molecule has 26 heavy (non-hydrogen) atoms. The van der Waals surface area contributed by atoms with Crippen molar-refractivity contribution >= 4 is 11.9 Å². The highest BCUT2D eigenvalue weighted by Crippen LogP contribution is 2.50. The van der Waals surface area contributed by atoms with E-state index in [4.69, 9.17) is 0 Å². The SMILES string of the molecule is CNC(=O)CN[C@@H]1CC2(CCN(c3ncccn3)CC2)c2ccccc21. The van der Waals surface area contributed by atoms with Crippen molar-refractivity contribution in [1.29, 1.82) is 0 Å². The number of fused-ring (bicyclic) bond motifs is 2. The van der Waals surface area contributed by atoms with Crippen molar-refractivity contribution in [3.8, 4) is 0 Å². The van der Waals surface area contributed by atoms with E-state index in [1.54, 1.807) is 19.4 Å². The van der Waals surface area contributed by atoms with E-state index in [1.165, 1.54) is 11.1 Å². The van der Waals surface area contributed by atoms with Crippen LogP contribution in [0.15, 0.2) is 42.7 Å². The number of piperidine rings is 1. The molecule has 0 radical (unpaired) electrons. The average molecular weight is 351 g/mol. The molecule has 1 atom stereocenters. The average Bonchev–Trinajstić information content (AvgIpc) is 3.01. The molecule has 1 spiro atoms. The van der Waals surface area contributed by atoms with Crippen molar-refractivity contribution < 1.29 is 4.79 Å². The summed E-state index contributed by atoms with van der Waals surface area (Å²) in [5, 5.41) is 6.14. The second-order valence-corrected chi connectivity index (χ2v) is 7.21. The van der Waals surface area contributed by atoms with Gasteiger partial charge < -0.3 is 15.5 Å². The van der Waals surface area contributed by atoms with Crippen LogP contribution in [0, 0.1) is 0 Å².